The third kappa shape index (κ3) is 4.80. The third-order valence-electron chi connectivity index (χ3n) is 2.31. The van der Waals surface area contributed by atoms with Gasteiger partial charge in [0.05, 0.1) is 14.9 Å². The van der Waals surface area contributed by atoms with E-state index in [1.807, 2.05) is 0 Å². The van der Waals surface area contributed by atoms with Crippen LogP contribution < -0.4 is 10.0 Å². The largest absolute Gasteiger partial charge is 0.321 e. The number of carbonyl (C=O) groups is 1. The van der Waals surface area contributed by atoms with Crippen molar-refractivity contribution < 1.29 is 13.2 Å². The van der Waals surface area contributed by atoms with Gasteiger partial charge in [-0.3, -0.25) is 9.52 Å². The van der Waals surface area contributed by atoms with Crippen molar-refractivity contribution in [3.8, 4) is 0 Å². The molecule has 112 valence electrons. The number of anilines is 2. The monoisotopic (exact) mass is 452 g/mol. The number of benzene rings is 1. The maximum absolute atomic E-state index is 12.0. The molecule has 2 aromatic rings. The van der Waals surface area contributed by atoms with Crippen LogP contribution >= 0.6 is 43.2 Å². The lowest BCUT2D eigenvalue weighted by atomic mass is 10.3. The molecule has 0 fully saturated rings. The molecule has 5 nitrogen and oxygen atoms in total. The number of thiophene rings is 1. The molecule has 1 aromatic carbocycles. The Labute approximate surface area is 143 Å². The maximum Gasteiger partial charge on any atom is 0.265 e. The van der Waals surface area contributed by atoms with Crippen molar-refractivity contribution >= 4 is 70.5 Å². The highest BCUT2D eigenvalue weighted by molar-refractivity contribution is 9.13. The quantitative estimate of drug-likeness (QED) is 0.737. The highest BCUT2D eigenvalue weighted by Gasteiger charge is 2.12. The van der Waals surface area contributed by atoms with Gasteiger partial charge in [0.2, 0.25) is 10.0 Å². The number of amides is 1. The van der Waals surface area contributed by atoms with Crippen LogP contribution in [-0.4, -0.2) is 20.6 Å². The minimum absolute atomic E-state index is 0.227. The fourth-order valence-electron chi connectivity index (χ4n) is 1.49. The van der Waals surface area contributed by atoms with Crippen molar-refractivity contribution in [1.29, 1.82) is 0 Å². The molecule has 21 heavy (non-hydrogen) atoms. The predicted molar refractivity (Wildman–Crippen MR) is 92.6 cm³/mol. The molecule has 0 saturated carbocycles. The van der Waals surface area contributed by atoms with E-state index in [9.17, 15) is 13.2 Å². The summed E-state index contributed by atoms with van der Waals surface area (Å²) in [6.07, 6.45) is 1.08. The Kier molecular flexibility index (Phi) is 5.07. The lowest BCUT2D eigenvalue weighted by Gasteiger charge is -2.06. The average molecular weight is 454 g/mol. The van der Waals surface area contributed by atoms with Gasteiger partial charge >= 0.3 is 0 Å². The van der Waals surface area contributed by atoms with Gasteiger partial charge in [0.25, 0.3) is 5.91 Å². The summed E-state index contributed by atoms with van der Waals surface area (Å²) in [5.74, 6) is -0.227. The van der Waals surface area contributed by atoms with E-state index in [2.05, 4.69) is 41.9 Å². The molecular formula is C12H10Br2N2O3S2. The zero-order valence-electron chi connectivity index (χ0n) is 10.7. The second kappa shape index (κ2) is 6.47. The van der Waals surface area contributed by atoms with Crippen LogP contribution in [0.5, 0.6) is 0 Å². The standard InChI is InChI=1S/C12H10Br2N2O3S2/c1-21(18,19)16-8-4-2-7(3-5-8)15-12(17)10-6-9(13)11(14)20-10/h2-6,16H,1H3,(H,15,17). The van der Waals surface area contributed by atoms with Gasteiger partial charge in [-0.1, -0.05) is 0 Å². The lowest BCUT2D eigenvalue weighted by Crippen LogP contribution is -2.11. The predicted octanol–water partition coefficient (Wildman–Crippen LogP) is 3.90. The van der Waals surface area contributed by atoms with Gasteiger partial charge in [-0.15, -0.1) is 11.3 Å². The first-order valence-electron chi connectivity index (χ1n) is 5.58. The van der Waals surface area contributed by atoms with Gasteiger partial charge in [0.1, 0.15) is 0 Å². The van der Waals surface area contributed by atoms with E-state index in [1.165, 1.54) is 11.3 Å². The van der Waals surface area contributed by atoms with Gasteiger partial charge in [0, 0.05) is 15.8 Å². The molecule has 0 aliphatic heterocycles. The minimum Gasteiger partial charge on any atom is -0.321 e. The Morgan fingerprint density at radius 3 is 2.19 bits per heavy atom. The zero-order chi connectivity index (χ0) is 15.6. The van der Waals surface area contributed by atoms with Crippen LogP contribution in [0.4, 0.5) is 11.4 Å². The molecule has 0 aliphatic rings. The van der Waals surface area contributed by atoms with Crippen molar-refractivity contribution in [3.05, 3.63) is 43.5 Å². The number of hydrogen-bond acceptors (Lipinski definition) is 4. The molecule has 1 amide bonds. The second-order valence-electron chi connectivity index (χ2n) is 4.14. The average Bonchev–Trinajstić information content (AvgIpc) is 2.70. The van der Waals surface area contributed by atoms with Crippen molar-refractivity contribution in [1.82, 2.24) is 0 Å². The Morgan fingerprint density at radius 2 is 1.71 bits per heavy atom. The van der Waals surface area contributed by atoms with E-state index < -0.39 is 10.0 Å². The summed E-state index contributed by atoms with van der Waals surface area (Å²) in [4.78, 5) is 12.6. The summed E-state index contributed by atoms with van der Waals surface area (Å²) in [5, 5.41) is 2.74. The van der Waals surface area contributed by atoms with Gasteiger partial charge in [-0.05, 0) is 62.2 Å². The molecule has 0 spiro atoms. The summed E-state index contributed by atoms with van der Waals surface area (Å²) in [6.45, 7) is 0. The summed E-state index contributed by atoms with van der Waals surface area (Å²) in [6, 6.07) is 8.14. The van der Waals surface area contributed by atoms with Crippen molar-refractivity contribution in [2.45, 2.75) is 0 Å². The van der Waals surface area contributed by atoms with Gasteiger partial charge in [0.15, 0.2) is 0 Å². The normalized spacial score (nSPS) is 11.2. The van der Waals surface area contributed by atoms with Gasteiger partial charge in [-0.25, -0.2) is 8.42 Å². The molecule has 1 aromatic heterocycles. The SMILES string of the molecule is CS(=O)(=O)Nc1ccc(NC(=O)c2cc(Br)c(Br)s2)cc1. The summed E-state index contributed by atoms with van der Waals surface area (Å²) in [5.41, 5.74) is 1.02. The van der Waals surface area contributed by atoms with Crippen LogP contribution in [0.3, 0.4) is 0 Å². The highest BCUT2D eigenvalue weighted by atomic mass is 79.9. The second-order valence-corrected chi connectivity index (χ2v) is 9.11. The lowest BCUT2D eigenvalue weighted by molar-refractivity contribution is 0.103. The molecule has 0 radical (unpaired) electrons. The Bertz CT molecular complexity index is 751. The number of nitrogens with one attached hydrogen (secondary N) is 2. The number of carbonyl (C=O) groups excluding carboxylic acids is 1. The van der Waals surface area contributed by atoms with Crippen molar-refractivity contribution in [2.75, 3.05) is 16.3 Å². The van der Waals surface area contributed by atoms with E-state index in [4.69, 9.17) is 0 Å². The molecular weight excluding hydrogens is 444 g/mol. The van der Waals surface area contributed by atoms with E-state index in [0.717, 1.165) is 14.5 Å². The number of halogens is 2. The van der Waals surface area contributed by atoms with Gasteiger partial charge in [-0.2, -0.15) is 0 Å². The number of hydrogen-bond donors (Lipinski definition) is 2. The topological polar surface area (TPSA) is 75.3 Å². The smallest absolute Gasteiger partial charge is 0.265 e. The Hall–Kier alpha value is -0.900. The molecule has 0 bridgehead atoms. The molecule has 2 N–H and O–H groups in total. The molecule has 0 atom stereocenters. The number of rotatable bonds is 4. The van der Waals surface area contributed by atoms with Crippen LogP contribution in [-0.2, 0) is 10.0 Å². The van der Waals surface area contributed by atoms with E-state index in [0.29, 0.717) is 16.3 Å². The molecule has 2 rings (SSSR count). The van der Waals surface area contributed by atoms with Gasteiger partial charge < -0.3 is 5.32 Å². The fourth-order valence-corrected chi connectivity index (χ4v) is 3.98. The van der Waals surface area contributed by atoms with Crippen LogP contribution in [0.2, 0.25) is 0 Å². The van der Waals surface area contributed by atoms with E-state index >= 15 is 0 Å². The van der Waals surface area contributed by atoms with Crippen molar-refractivity contribution in [3.63, 3.8) is 0 Å². The molecule has 0 unspecified atom stereocenters. The first kappa shape index (κ1) is 16.5. The van der Waals surface area contributed by atoms with Crippen LogP contribution in [0, 0.1) is 0 Å². The highest BCUT2D eigenvalue weighted by Crippen LogP contribution is 2.32. The minimum atomic E-state index is -3.30. The summed E-state index contributed by atoms with van der Waals surface area (Å²) in [7, 11) is -3.30. The number of sulfonamides is 1. The third-order valence-corrected chi connectivity index (χ3v) is 6.18. The maximum atomic E-state index is 12.0. The van der Waals surface area contributed by atoms with E-state index in [1.54, 1.807) is 30.3 Å². The molecule has 1 heterocycles. The molecule has 0 aliphatic carbocycles. The summed E-state index contributed by atoms with van der Waals surface area (Å²) >= 11 is 7.98. The molecule has 9 heteroatoms. The first-order chi connectivity index (χ1) is 9.74. The van der Waals surface area contributed by atoms with E-state index in [-0.39, 0.29) is 5.91 Å². The Morgan fingerprint density at radius 1 is 1.14 bits per heavy atom. The fraction of sp³-hybridized carbons (Fsp3) is 0.0833. The van der Waals surface area contributed by atoms with Crippen LogP contribution in [0.15, 0.2) is 38.6 Å². The Balaban J connectivity index is 2.08. The first-order valence-corrected chi connectivity index (χ1v) is 9.88. The zero-order valence-corrected chi connectivity index (χ0v) is 15.5. The molecule has 0 saturated heterocycles. The summed E-state index contributed by atoms with van der Waals surface area (Å²) < 4.78 is 26.2. The van der Waals surface area contributed by atoms with Crippen molar-refractivity contribution in [2.24, 2.45) is 0 Å². The van der Waals surface area contributed by atoms with Crippen LogP contribution in [0.1, 0.15) is 9.67 Å². The van der Waals surface area contributed by atoms with Crippen LogP contribution in [0.25, 0.3) is 0 Å².